The number of benzene rings is 1. The summed E-state index contributed by atoms with van der Waals surface area (Å²) in [5.74, 6) is 1.14. The summed E-state index contributed by atoms with van der Waals surface area (Å²) in [5.41, 5.74) is 0.580. The molecule has 2 aliphatic heterocycles. The van der Waals surface area contributed by atoms with Crippen molar-refractivity contribution in [3.63, 3.8) is 0 Å². The third-order valence-corrected chi connectivity index (χ3v) is 5.46. The van der Waals surface area contributed by atoms with E-state index in [-0.39, 0.29) is 11.3 Å². The SMILES string of the molecule is ON1C=CC(=C2C=CC(Sc3ccc4c(c3)OCCO4)=C(C(F)(F)F)C2)C=C1. The third kappa shape index (κ3) is 3.98. The average Bonchev–Trinajstić information content (AvgIpc) is 2.68. The number of hydrogen-bond acceptors (Lipinski definition) is 5. The zero-order valence-electron chi connectivity index (χ0n) is 14.6. The van der Waals surface area contributed by atoms with Gasteiger partial charge in [0.1, 0.15) is 13.2 Å². The van der Waals surface area contributed by atoms with Gasteiger partial charge in [-0.2, -0.15) is 13.2 Å². The second-order valence-electron chi connectivity index (χ2n) is 6.25. The van der Waals surface area contributed by atoms with E-state index in [1.165, 1.54) is 18.5 Å². The van der Waals surface area contributed by atoms with Crippen molar-refractivity contribution in [2.45, 2.75) is 17.5 Å². The second-order valence-corrected chi connectivity index (χ2v) is 7.37. The Bertz CT molecular complexity index is 929. The zero-order valence-corrected chi connectivity index (χ0v) is 15.4. The fourth-order valence-electron chi connectivity index (χ4n) is 2.99. The molecule has 0 fully saturated rings. The summed E-state index contributed by atoms with van der Waals surface area (Å²) < 4.78 is 52.1. The Morgan fingerprint density at radius 3 is 2.39 bits per heavy atom. The number of ether oxygens (including phenoxy) is 2. The summed E-state index contributed by atoms with van der Waals surface area (Å²) in [4.78, 5) is 0.802. The number of nitrogens with zero attached hydrogens (tertiary/aromatic N) is 1. The van der Waals surface area contributed by atoms with E-state index in [2.05, 4.69) is 0 Å². The Kier molecular flexibility index (Phi) is 4.99. The Morgan fingerprint density at radius 2 is 1.68 bits per heavy atom. The molecular formula is C20H16F3NO3S. The fourth-order valence-corrected chi connectivity index (χ4v) is 4.00. The maximum absolute atomic E-state index is 13.7. The van der Waals surface area contributed by atoms with E-state index in [4.69, 9.17) is 9.47 Å². The van der Waals surface area contributed by atoms with E-state index < -0.39 is 11.7 Å². The molecule has 0 atom stereocenters. The van der Waals surface area contributed by atoms with Crippen LogP contribution in [0, 0.1) is 0 Å². The molecular weight excluding hydrogens is 391 g/mol. The number of fused-ring (bicyclic) bond motifs is 1. The van der Waals surface area contributed by atoms with Crippen molar-refractivity contribution >= 4 is 11.8 Å². The molecule has 3 aliphatic rings. The lowest BCUT2D eigenvalue weighted by molar-refractivity contribution is -0.0934. The maximum Gasteiger partial charge on any atom is 0.414 e. The van der Waals surface area contributed by atoms with E-state index in [1.807, 2.05) is 0 Å². The van der Waals surface area contributed by atoms with Gasteiger partial charge >= 0.3 is 6.18 Å². The summed E-state index contributed by atoms with van der Waals surface area (Å²) >= 11 is 1.05. The summed E-state index contributed by atoms with van der Waals surface area (Å²) in [6.45, 7) is 0.876. The van der Waals surface area contributed by atoms with Crippen LogP contribution in [0.1, 0.15) is 6.42 Å². The molecule has 4 rings (SSSR count). The molecule has 8 heteroatoms. The first-order valence-corrected chi connectivity index (χ1v) is 9.34. The normalized spacial score (nSPS) is 18.9. The molecule has 1 aromatic rings. The highest BCUT2D eigenvalue weighted by molar-refractivity contribution is 8.03. The van der Waals surface area contributed by atoms with Crippen molar-refractivity contribution in [2.75, 3.05) is 13.2 Å². The molecule has 1 aliphatic carbocycles. The van der Waals surface area contributed by atoms with E-state index in [9.17, 15) is 18.4 Å². The molecule has 1 N–H and O–H groups in total. The van der Waals surface area contributed by atoms with Gasteiger partial charge in [0.2, 0.25) is 0 Å². The van der Waals surface area contributed by atoms with Crippen LogP contribution in [-0.2, 0) is 0 Å². The molecule has 146 valence electrons. The van der Waals surface area contributed by atoms with E-state index in [0.29, 0.717) is 40.8 Å². The van der Waals surface area contributed by atoms with Crippen LogP contribution in [0.2, 0.25) is 0 Å². The molecule has 28 heavy (non-hydrogen) atoms. The first-order valence-electron chi connectivity index (χ1n) is 8.53. The highest BCUT2D eigenvalue weighted by Gasteiger charge is 2.37. The largest absolute Gasteiger partial charge is 0.486 e. The number of rotatable bonds is 2. The van der Waals surface area contributed by atoms with Gasteiger partial charge in [-0.15, -0.1) is 0 Å². The summed E-state index contributed by atoms with van der Waals surface area (Å²) in [7, 11) is 0. The molecule has 0 saturated heterocycles. The molecule has 2 heterocycles. The molecule has 0 spiro atoms. The van der Waals surface area contributed by atoms with Crippen molar-refractivity contribution in [1.82, 2.24) is 5.06 Å². The Labute approximate surface area is 163 Å². The van der Waals surface area contributed by atoms with Gasteiger partial charge in [-0.1, -0.05) is 17.8 Å². The smallest absolute Gasteiger partial charge is 0.414 e. The Hall–Kier alpha value is -2.58. The lowest BCUT2D eigenvalue weighted by Gasteiger charge is -2.23. The van der Waals surface area contributed by atoms with Crippen molar-refractivity contribution in [3.8, 4) is 11.5 Å². The van der Waals surface area contributed by atoms with Crippen LogP contribution in [0.4, 0.5) is 13.2 Å². The van der Waals surface area contributed by atoms with Crippen LogP contribution in [0.25, 0.3) is 0 Å². The van der Waals surface area contributed by atoms with Crippen LogP contribution in [0.3, 0.4) is 0 Å². The van der Waals surface area contributed by atoms with Crippen molar-refractivity contribution in [3.05, 3.63) is 76.5 Å². The molecule has 0 radical (unpaired) electrons. The number of hydroxylamine groups is 2. The first kappa shape index (κ1) is 18.8. The minimum Gasteiger partial charge on any atom is -0.486 e. The molecule has 0 bridgehead atoms. The maximum atomic E-state index is 13.7. The van der Waals surface area contributed by atoms with Crippen LogP contribution < -0.4 is 9.47 Å². The average molecular weight is 407 g/mol. The van der Waals surface area contributed by atoms with Crippen molar-refractivity contribution < 1.29 is 27.9 Å². The van der Waals surface area contributed by atoms with Gasteiger partial charge in [-0.05, 0) is 47.6 Å². The molecule has 1 aromatic carbocycles. The predicted molar refractivity (Wildman–Crippen MR) is 99.1 cm³/mol. The zero-order chi connectivity index (χ0) is 19.7. The number of hydrogen-bond donors (Lipinski definition) is 1. The summed E-state index contributed by atoms with van der Waals surface area (Å²) in [6.07, 6.45) is 4.41. The van der Waals surface area contributed by atoms with Gasteiger partial charge in [0, 0.05) is 28.6 Å². The number of alkyl halides is 3. The predicted octanol–water partition coefficient (Wildman–Crippen LogP) is 5.36. The topological polar surface area (TPSA) is 41.9 Å². The lowest BCUT2D eigenvalue weighted by atomic mass is 9.94. The highest BCUT2D eigenvalue weighted by atomic mass is 32.2. The molecule has 0 amide bonds. The van der Waals surface area contributed by atoms with Gasteiger partial charge in [-0.3, -0.25) is 5.21 Å². The van der Waals surface area contributed by atoms with E-state index in [1.54, 1.807) is 36.4 Å². The van der Waals surface area contributed by atoms with E-state index in [0.717, 1.165) is 16.8 Å². The standard InChI is InChI=1S/C20H16F3NO3S/c21-20(22,23)16-11-14(13-5-7-24(25)8-6-13)1-4-19(16)28-15-2-3-17-18(12-15)27-10-9-26-17/h1-8,12,25H,9-11H2. The monoisotopic (exact) mass is 407 g/mol. The Balaban J connectivity index is 1.64. The molecule has 0 unspecified atom stereocenters. The van der Waals surface area contributed by atoms with Crippen LogP contribution >= 0.6 is 11.8 Å². The number of halogens is 3. The van der Waals surface area contributed by atoms with Crippen molar-refractivity contribution in [2.24, 2.45) is 0 Å². The number of allylic oxidation sites excluding steroid dienone is 7. The summed E-state index contributed by atoms with van der Waals surface area (Å²) in [5, 5.41) is 10.2. The first-order chi connectivity index (χ1) is 13.4. The summed E-state index contributed by atoms with van der Waals surface area (Å²) in [6, 6.07) is 5.14. The minimum atomic E-state index is -4.45. The van der Waals surface area contributed by atoms with Crippen LogP contribution in [0.5, 0.6) is 11.5 Å². The van der Waals surface area contributed by atoms with Gasteiger partial charge in [0.25, 0.3) is 0 Å². The second kappa shape index (κ2) is 7.44. The lowest BCUT2D eigenvalue weighted by Crippen LogP contribution is -2.16. The molecule has 0 aromatic heterocycles. The van der Waals surface area contributed by atoms with Crippen LogP contribution in [0.15, 0.2) is 81.4 Å². The van der Waals surface area contributed by atoms with Gasteiger partial charge in [0.15, 0.2) is 11.5 Å². The van der Waals surface area contributed by atoms with Gasteiger partial charge < -0.3 is 9.47 Å². The molecule has 4 nitrogen and oxygen atoms in total. The minimum absolute atomic E-state index is 0.154. The number of thioether (sulfide) groups is 1. The molecule has 0 saturated carbocycles. The third-order valence-electron chi connectivity index (χ3n) is 4.37. The quantitative estimate of drug-likeness (QED) is 0.715. The highest BCUT2D eigenvalue weighted by Crippen LogP contribution is 2.45. The van der Waals surface area contributed by atoms with Gasteiger partial charge in [-0.25, -0.2) is 5.06 Å². The van der Waals surface area contributed by atoms with Gasteiger partial charge in [0.05, 0.1) is 5.57 Å². The fraction of sp³-hybridized carbons (Fsp3) is 0.200. The van der Waals surface area contributed by atoms with Crippen molar-refractivity contribution in [1.29, 1.82) is 0 Å². The van der Waals surface area contributed by atoms with E-state index >= 15 is 0 Å². The Morgan fingerprint density at radius 1 is 0.964 bits per heavy atom. The van der Waals surface area contributed by atoms with Crippen LogP contribution in [-0.4, -0.2) is 29.7 Å².